The second-order valence-electron chi connectivity index (χ2n) is 3.31. The second kappa shape index (κ2) is 5.29. The van der Waals surface area contributed by atoms with Gasteiger partial charge in [-0.3, -0.25) is 4.79 Å². The zero-order chi connectivity index (χ0) is 12.3. The van der Waals surface area contributed by atoms with E-state index >= 15 is 0 Å². The largest absolute Gasteiger partial charge is 0.320 e. The van der Waals surface area contributed by atoms with Crippen LogP contribution >= 0.6 is 27.5 Å². The predicted octanol–water partition coefficient (Wildman–Crippen LogP) is 3.75. The Kier molecular flexibility index (Phi) is 3.76. The SMILES string of the molecule is O=C(Nc1cccnc1Br)c1cccc(Cl)c1. The molecule has 1 aromatic carbocycles. The molecule has 1 aromatic heterocycles. The Morgan fingerprint density at radius 1 is 1.29 bits per heavy atom. The van der Waals surface area contributed by atoms with Gasteiger partial charge in [0.05, 0.1) is 5.69 Å². The number of benzene rings is 1. The van der Waals surface area contributed by atoms with Crippen LogP contribution in [0.4, 0.5) is 5.69 Å². The number of pyridine rings is 1. The van der Waals surface area contributed by atoms with Crippen LogP contribution in [0.25, 0.3) is 0 Å². The number of nitrogens with zero attached hydrogens (tertiary/aromatic N) is 1. The summed E-state index contributed by atoms with van der Waals surface area (Å²) in [6, 6.07) is 10.3. The molecule has 1 N–H and O–H groups in total. The van der Waals surface area contributed by atoms with Crippen molar-refractivity contribution in [3.63, 3.8) is 0 Å². The van der Waals surface area contributed by atoms with Crippen LogP contribution in [-0.2, 0) is 0 Å². The maximum Gasteiger partial charge on any atom is 0.255 e. The smallest absolute Gasteiger partial charge is 0.255 e. The summed E-state index contributed by atoms with van der Waals surface area (Å²) in [6.07, 6.45) is 1.64. The van der Waals surface area contributed by atoms with Crippen molar-refractivity contribution in [2.24, 2.45) is 0 Å². The Labute approximate surface area is 112 Å². The number of amides is 1. The number of nitrogens with one attached hydrogen (secondary N) is 1. The summed E-state index contributed by atoms with van der Waals surface area (Å²) in [4.78, 5) is 15.9. The van der Waals surface area contributed by atoms with Gasteiger partial charge in [-0.05, 0) is 46.3 Å². The summed E-state index contributed by atoms with van der Waals surface area (Å²) in [6.45, 7) is 0. The van der Waals surface area contributed by atoms with Crippen molar-refractivity contribution in [2.45, 2.75) is 0 Å². The lowest BCUT2D eigenvalue weighted by Crippen LogP contribution is -2.12. The molecule has 86 valence electrons. The van der Waals surface area contributed by atoms with Crippen LogP contribution in [-0.4, -0.2) is 10.9 Å². The molecule has 0 bridgehead atoms. The topological polar surface area (TPSA) is 42.0 Å². The molecular formula is C12H8BrClN2O. The van der Waals surface area contributed by atoms with Crippen molar-refractivity contribution in [1.82, 2.24) is 4.98 Å². The highest BCUT2D eigenvalue weighted by Crippen LogP contribution is 2.19. The highest BCUT2D eigenvalue weighted by molar-refractivity contribution is 9.10. The van der Waals surface area contributed by atoms with E-state index in [2.05, 4.69) is 26.2 Å². The van der Waals surface area contributed by atoms with Gasteiger partial charge in [0.1, 0.15) is 4.60 Å². The molecule has 17 heavy (non-hydrogen) atoms. The fourth-order valence-electron chi connectivity index (χ4n) is 1.30. The standard InChI is InChI=1S/C12H8BrClN2O/c13-11-10(5-2-6-15-11)16-12(17)8-3-1-4-9(14)7-8/h1-7H,(H,16,17). The van der Waals surface area contributed by atoms with Gasteiger partial charge in [0, 0.05) is 16.8 Å². The minimum absolute atomic E-state index is 0.221. The lowest BCUT2D eigenvalue weighted by Gasteiger charge is -2.06. The number of carbonyl (C=O) groups excluding carboxylic acids is 1. The highest BCUT2D eigenvalue weighted by atomic mass is 79.9. The van der Waals surface area contributed by atoms with Crippen LogP contribution in [0.2, 0.25) is 5.02 Å². The molecule has 2 aromatic rings. The molecule has 0 atom stereocenters. The molecule has 1 amide bonds. The molecule has 0 spiro atoms. The number of hydrogen-bond acceptors (Lipinski definition) is 2. The summed E-state index contributed by atoms with van der Waals surface area (Å²) < 4.78 is 0.593. The average Bonchev–Trinajstić information content (AvgIpc) is 2.32. The molecule has 5 heteroatoms. The van der Waals surface area contributed by atoms with Gasteiger partial charge in [0.2, 0.25) is 0 Å². The minimum Gasteiger partial charge on any atom is -0.320 e. The predicted molar refractivity (Wildman–Crippen MR) is 71.3 cm³/mol. The first-order valence-corrected chi connectivity index (χ1v) is 6.01. The summed E-state index contributed by atoms with van der Waals surface area (Å²) in [5.41, 5.74) is 1.13. The van der Waals surface area contributed by atoms with E-state index < -0.39 is 0 Å². The zero-order valence-corrected chi connectivity index (χ0v) is 11.0. The van der Waals surface area contributed by atoms with E-state index in [1.807, 2.05) is 0 Å². The monoisotopic (exact) mass is 310 g/mol. The third kappa shape index (κ3) is 3.05. The molecule has 0 aliphatic heterocycles. The summed E-state index contributed by atoms with van der Waals surface area (Å²) in [5.74, 6) is -0.221. The van der Waals surface area contributed by atoms with Crippen molar-refractivity contribution >= 4 is 39.1 Å². The molecule has 0 aliphatic rings. The number of halogens is 2. The third-order valence-electron chi connectivity index (χ3n) is 2.09. The van der Waals surface area contributed by atoms with Crippen LogP contribution in [0.3, 0.4) is 0 Å². The van der Waals surface area contributed by atoms with Crippen LogP contribution in [0, 0.1) is 0 Å². The molecule has 0 saturated carbocycles. The van der Waals surface area contributed by atoms with Gasteiger partial charge < -0.3 is 5.32 Å². The molecule has 0 saturated heterocycles. The van der Waals surface area contributed by atoms with E-state index in [0.29, 0.717) is 20.9 Å². The van der Waals surface area contributed by atoms with Gasteiger partial charge in [0.25, 0.3) is 5.91 Å². The quantitative estimate of drug-likeness (QED) is 0.858. The molecule has 0 aliphatic carbocycles. The van der Waals surface area contributed by atoms with Crippen molar-refractivity contribution in [2.75, 3.05) is 5.32 Å². The number of rotatable bonds is 2. The molecule has 0 fully saturated rings. The zero-order valence-electron chi connectivity index (χ0n) is 8.65. The number of anilines is 1. The van der Waals surface area contributed by atoms with Crippen molar-refractivity contribution in [3.05, 3.63) is 57.8 Å². The Morgan fingerprint density at radius 3 is 2.82 bits per heavy atom. The lowest BCUT2D eigenvalue weighted by atomic mass is 10.2. The first kappa shape index (κ1) is 12.1. The van der Waals surface area contributed by atoms with Crippen molar-refractivity contribution in [3.8, 4) is 0 Å². The Morgan fingerprint density at radius 2 is 2.12 bits per heavy atom. The van der Waals surface area contributed by atoms with E-state index in [-0.39, 0.29) is 5.91 Å². The number of aromatic nitrogens is 1. The lowest BCUT2D eigenvalue weighted by molar-refractivity contribution is 0.102. The maximum atomic E-state index is 11.9. The van der Waals surface area contributed by atoms with E-state index in [9.17, 15) is 4.79 Å². The fraction of sp³-hybridized carbons (Fsp3) is 0. The second-order valence-corrected chi connectivity index (χ2v) is 4.49. The van der Waals surface area contributed by atoms with Gasteiger partial charge in [0.15, 0.2) is 0 Å². The Bertz CT molecular complexity index is 560. The number of hydrogen-bond donors (Lipinski definition) is 1. The van der Waals surface area contributed by atoms with Crippen LogP contribution in [0.1, 0.15) is 10.4 Å². The molecular weight excluding hydrogens is 304 g/mol. The van der Waals surface area contributed by atoms with Crippen molar-refractivity contribution < 1.29 is 4.79 Å². The molecule has 0 radical (unpaired) electrons. The highest BCUT2D eigenvalue weighted by Gasteiger charge is 2.08. The fourth-order valence-corrected chi connectivity index (χ4v) is 1.84. The summed E-state index contributed by atoms with van der Waals surface area (Å²) in [5, 5.41) is 3.28. The number of carbonyl (C=O) groups is 1. The molecule has 3 nitrogen and oxygen atoms in total. The summed E-state index contributed by atoms with van der Waals surface area (Å²) in [7, 11) is 0. The molecule has 1 heterocycles. The van der Waals surface area contributed by atoms with Crippen LogP contribution in [0.5, 0.6) is 0 Å². The van der Waals surface area contributed by atoms with Crippen LogP contribution in [0.15, 0.2) is 47.2 Å². The normalized spacial score (nSPS) is 10.0. The minimum atomic E-state index is -0.221. The maximum absolute atomic E-state index is 11.9. The first-order valence-electron chi connectivity index (χ1n) is 4.84. The van der Waals surface area contributed by atoms with E-state index in [1.165, 1.54) is 0 Å². The molecule has 0 unspecified atom stereocenters. The van der Waals surface area contributed by atoms with Gasteiger partial charge in [-0.15, -0.1) is 0 Å². The molecule has 2 rings (SSSR count). The summed E-state index contributed by atoms with van der Waals surface area (Å²) >= 11 is 9.08. The first-order chi connectivity index (χ1) is 8.16. The Balaban J connectivity index is 2.20. The average molecular weight is 312 g/mol. The van der Waals surface area contributed by atoms with Crippen molar-refractivity contribution in [1.29, 1.82) is 0 Å². The van der Waals surface area contributed by atoms with Gasteiger partial charge in [-0.1, -0.05) is 17.7 Å². The van der Waals surface area contributed by atoms with Gasteiger partial charge in [-0.2, -0.15) is 0 Å². The Hall–Kier alpha value is -1.39. The van der Waals surface area contributed by atoms with E-state index in [4.69, 9.17) is 11.6 Å². The van der Waals surface area contributed by atoms with E-state index in [0.717, 1.165) is 0 Å². The van der Waals surface area contributed by atoms with Gasteiger partial charge in [-0.25, -0.2) is 4.98 Å². The van der Waals surface area contributed by atoms with E-state index in [1.54, 1.807) is 42.6 Å². The third-order valence-corrected chi connectivity index (χ3v) is 2.96. The van der Waals surface area contributed by atoms with Crippen LogP contribution < -0.4 is 5.32 Å². The van der Waals surface area contributed by atoms with Gasteiger partial charge >= 0.3 is 0 Å².